The van der Waals surface area contributed by atoms with Crippen LogP contribution in [0.4, 0.5) is 0 Å². The average molecular weight is 329 g/mol. The molecular formula is C19H27N3O2. The van der Waals surface area contributed by atoms with E-state index in [-0.39, 0.29) is 11.8 Å². The number of carbonyl (C=O) groups excluding carboxylic acids is 2. The molecule has 0 bridgehead atoms. The molecule has 0 saturated heterocycles. The second-order valence-corrected chi connectivity index (χ2v) is 6.16. The van der Waals surface area contributed by atoms with Crippen LogP contribution in [-0.4, -0.2) is 48.9 Å². The van der Waals surface area contributed by atoms with Gasteiger partial charge in [0, 0.05) is 19.6 Å². The van der Waals surface area contributed by atoms with Crippen LogP contribution < -0.4 is 10.6 Å². The summed E-state index contributed by atoms with van der Waals surface area (Å²) in [6.45, 7) is 6.28. The zero-order valence-electron chi connectivity index (χ0n) is 14.5. The molecule has 0 aromatic heterocycles. The van der Waals surface area contributed by atoms with Gasteiger partial charge in [-0.25, -0.2) is 0 Å². The number of nitrogens with zero attached hydrogens (tertiary/aromatic N) is 1. The maximum atomic E-state index is 12.1. The maximum Gasteiger partial charge on any atom is 0.242 e. The first-order valence-electron chi connectivity index (χ1n) is 8.64. The van der Waals surface area contributed by atoms with Crippen molar-refractivity contribution in [3.05, 3.63) is 42.0 Å². The first-order valence-corrected chi connectivity index (χ1v) is 8.64. The van der Waals surface area contributed by atoms with Crippen molar-refractivity contribution in [1.82, 2.24) is 15.5 Å². The Morgan fingerprint density at radius 3 is 2.62 bits per heavy atom. The van der Waals surface area contributed by atoms with Crippen molar-refractivity contribution in [3.63, 3.8) is 0 Å². The van der Waals surface area contributed by atoms with Gasteiger partial charge in [0.25, 0.3) is 0 Å². The minimum absolute atomic E-state index is 0.106. The number of nitrogens with one attached hydrogen (secondary N) is 2. The maximum absolute atomic E-state index is 12.1. The summed E-state index contributed by atoms with van der Waals surface area (Å²) in [4.78, 5) is 26.0. The van der Waals surface area contributed by atoms with Crippen molar-refractivity contribution in [2.45, 2.75) is 32.7 Å². The molecule has 2 N–H and O–H groups in total. The Morgan fingerprint density at radius 1 is 1.25 bits per heavy atom. The van der Waals surface area contributed by atoms with Crippen molar-refractivity contribution < 1.29 is 9.59 Å². The number of hydrogen-bond acceptors (Lipinski definition) is 3. The molecule has 2 amide bonds. The Morgan fingerprint density at radius 2 is 2.00 bits per heavy atom. The van der Waals surface area contributed by atoms with Gasteiger partial charge in [-0.05, 0) is 30.9 Å². The minimum Gasteiger partial charge on any atom is -0.354 e. The highest BCUT2D eigenvalue weighted by molar-refractivity contribution is 5.88. The second kappa shape index (κ2) is 9.23. The predicted molar refractivity (Wildman–Crippen MR) is 96.4 cm³/mol. The Balaban J connectivity index is 1.78. The number of hydrogen-bond donors (Lipinski definition) is 2. The molecule has 2 rings (SSSR count). The summed E-state index contributed by atoms with van der Waals surface area (Å²) in [5.41, 5.74) is 2.59. The first-order chi connectivity index (χ1) is 11.6. The summed E-state index contributed by atoms with van der Waals surface area (Å²) in [6, 6.07) is 9.84. The van der Waals surface area contributed by atoms with Crippen molar-refractivity contribution in [3.8, 4) is 0 Å². The van der Waals surface area contributed by atoms with E-state index in [1.807, 2.05) is 25.1 Å². The molecule has 0 radical (unpaired) electrons. The monoisotopic (exact) mass is 329 g/mol. The molecule has 1 atom stereocenters. The summed E-state index contributed by atoms with van der Waals surface area (Å²) in [5, 5.41) is 5.55. The van der Waals surface area contributed by atoms with Crippen molar-refractivity contribution >= 4 is 17.4 Å². The van der Waals surface area contributed by atoms with Crippen LogP contribution in [0.2, 0.25) is 0 Å². The average Bonchev–Trinajstić information content (AvgIpc) is 2.61. The molecule has 24 heavy (non-hydrogen) atoms. The minimum atomic E-state index is -0.496. The molecule has 5 heteroatoms. The van der Waals surface area contributed by atoms with Gasteiger partial charge in [-0.2, -0.15) is 0 Å². The van der Waals surface area contributed by atoms with E-state index in [2.05, 4.69) is 33.7 Å². The van der Waals surface area contributed by atoms with Gasteiger partial charge in [-0.1, -0.05) is 43.3 Å². The third-order valence-electron chi connectivity index (χ3n) is 4.13. The van der Waals surface area contributed by atoms with Crippen LogP contribution in [0.3, 0.4) is 0 Å². The van der Waals surface area contributed by atoms with Gasteiger partial charge >= 0.3 is 0 Å². The summed E-state index contributed by atoms with van der Waals surface area (Å²) in [7, 11) is 0. The predicted octanol–water partition coefficient (Wildman–Crippen LogP) is 1.81. The van der Waals surface area contributed by atoms with Crippen molar-refractivity contribution in [2.75, 3.05) is 26.2 Å². The van der Waals surface area contributed by atoms with Gasteiger partial charge in [-0.3, -0.25) is 14.5 Å². The molecule has 0 fully saturated rings. The third-order valence-corrected chi connectivity index (χ3v) is 4.13. The standard InChI is InChI=1S/C19H27N3O2/c1-3-11-20-19(24)15(2)21-18(23)14-22-12-9-17(10-13-22)16-7-5-4-6-8-16/h4-9,15H,3,10-14H2,1-2H3,(H,20,24)(H,21,23)/t15-/m0/s1. The first kappa shape index (κ1) is 18.2. The van der Waals surface area contributed by atoms with Crippen LogP contribution in [0.15, 0.2) is 36.4 Å². The van der Waals surface area contributed by atoms with Crippen molar-refractivity contribution in [1.29, 1.82) is 0 Å². The van der Waals surface area contributed by atoms with Crippen LogP contribution in [0.5, 0.6) is 0 Å². The van der Waals surface area contributed by atoms with E-state index >= 15 is 0 Å². The van der Waals surface area contributed by atoms with Gasteiger partial charge in [0.15, 0.2) is 0 Å². The van der Waals surface area contributed by atoms with Crippen molar-refractivity contribution in [2.24, 2.45) is 0 Å². The molecule has 1 aromatic rings. The SMILES string of the molecule is CCCNC(=O)[C@H](C)NC(=O)CN1CC=C(c2ccccc2)CC1. The molecule has 1 aliphatic heterocycles. The number of carbonyl (C=O) groups is 2. The molecule has 1 aromatic carbocycles. The highest BCUT2D eigenvalue weighted by Gasteiger charge is 2.19. The van der Waals surface area contributed by atoms with Crippen LogP contribution in [0.25, 0.3) is 5.57 Å². The van der Waals surface area contributed by atoms with Crippen LogP contribution in [0.1, 0.15) is 32.3 Å². The zero-order chi connectivity index (χ0) is 17.4. The quantitative estimate of drug-likeness (QED) is 0.802. The van der Waals surface area contributed by atoms with Gasteiger partial charge < -0.3 is 10.6 Å². The molecular weight excluding hydrogens is 302 g/mol. The normalized spacial score (nSPS) is 16.2. The van der Waals surface area contributed by atoms with Gasteiger partial charge in [0.2, 0.25) is 11.8 Å². The Hall–Kier alpha value is -2.14. The smallest absolute Gasteiger partial charge is 0.242 e. The zero-order valence-corrected chi connectivity index (χ0v) is 14.5. The molecule has 0 aliphatic carbocycles. The van der Waals surface area contributed by atoms with E-state index in [1.165, 1.54) is 11.1 Å². The van der Waals surface area contributed by atoms with Gasteiger partial charge in [0.05, 0.1) is 6.54 Å². The Bertz CT molecular complexity index is 584. The Kier molecular flexibility index (Phi) is 7.00. The molecule has 1 aliphatic rings. The fourth-order valence-corrected chi connectivity index (χ4v) is 2.73. The summed E-state index contributed by atoms with van der Waals surface area (Å²) in [6.07, 6.45) is 4.00. The lowest BCUT2D eigenvalue weighted by molar-refractivity contribution is -0.129. The third kappa shape index (κ3) is 5.49. The highest BCUT2D eigenvalue weighted by Crippen LogP contribution is 2.21. The summed E-state index contributed by atoms with van der Waals surface area (Å²) in [5.74, 6) is -0.235. The number of amides is 2. The summed E-state index contributed by atoms with van der Waals surface area (Å²) >= 11 is 0. The fraction of sp³-hybridized carbons (Fsp3) is 0.474. The fourth-order valence-electron chi connectivity index (χ4n) is 2.73. The van der Waals surface area contributed by atoms with Crippen LogP contribution in [-0.2, 0) is 9.59 Å². The molecule has 0 saturated carbocycles. The van der Waals surface area contributed by atoms with E-state index in [1.54, 1.807) is 6.92 Å². The molecule has 1 heterocycles. The lowest BCUT2D eigenvalue weighted by Gasteiger charge is -2.26. The molecule has 0 unspecified atom stereocenters. The molecule has 0 spiro atoms. The second-order valence-electron chi connectivity index (χ2n) is 6.16. The Labute approximate surface area is 144 Å². The topological polar surface area (TPSA) is 61.4 Å². The lowest BCUT2D eigenvalue weighted by atomic mass is 10.00. The summed E-state index contributed by atoms with van der Waals surface area (Å²) < 4.78 is 0. The van der Waals surface area contributed by atoms with E-state index in [0.29, 0.717) is 13.1 Å². The van der Waals surface area contributed by atoms with Gasteiger partial charge in [-0.15, -0.1) is 0 Å². The largest absolute Gasteiger partial charge is 0.354 e. The number of rotatable bonds is 7. The lowest BCUT2D eigenvalue weighted by Crippen LogP contribution is -2.48. The van der Waals surface area contributed by atoms with E-state index in [0.717, 1.165) is 25.9 Å². The van der Waals surface area contributed by atoms with Gasteiger partial charge in [0.1, 0.15) is 6.04 Å². The van der Waals surface area contributed by atoms with Crippen LogP contribution in [0, 0.1) is 0 Å². The highest BCUT2D eigenvalue weighted by atomic mass is 16.2. The van der Waals surface area contributed by atoms with E-state index < -0.39 is 6.04 Å². The van der Waals surface area contributed by atoms with E-state index in [4.69, 9.17) is 0 Å². The molecule has 5 nitrogen and oxygen atoms in total. The van der Waals surface area contributed by atoms with E-state index in [9.17, 15) is 9.59 Å². The number of benzene rings is 1. The van der Waals surface area contributed by atoms with Crippen LogP contribution >= 0.6 is 0 Å². The molecule has 130 valence electrons.